The summed E-state index contributed by atoms with van der Waals surface area (Å²) in [6, 6.07) is 3.44. The minimum atomic E-state index is -0.279. The van der Waals surface area contributed by atoms with Crippen molar-refractivity contribution in [1.29, 1.82) is 0 Å². The molecule has 1 N–H and O–H groups in total. The van der Waals surface area contributed by atoms with Gasteiger partial charge in [0.05, 0.1) is 4.88 Å². The van der Waals surface area contributed by atoms with Gasteiger partial charge in [0.1, 0.15) is 6.04 Å². The molecule has 0 spiro atoms. The maximum Gasteiger partial charge on any atom is 0.264 e. The highest BCUT2D eigenvalue weighted by atomic mass is 32.1. The van der Waals surface area contributed by atoms with Crippen LogP contribution in [0.4, 0.5) is 0 Å². The van der Waals surface area contributed by atoms with Crippen LogP contribution in [0.5, 0.6) is 0 Å². The summed E-state index contributed by atoms with van der Waals surface area (Å²) < 4.78 is 0. The Balaban J connectivity index is 1.55. The Morgan fingerprint density at radius 2 is 2.00 bits per heavy atom. The Labute approximate surface area is 135 Å². The van der Waals surface area contributed by atoms with Crippen molar-refractivity contribution in [3.63, 3.8) is 0 Å². The molecule has 1 saturated heterocycles. The van der Waals surface area contributed by atoms with Gasteiger partial charge >= 0.3 is 0 Å². The molecule has 120 valence electrons. The van der Waals surface area contributed by atoms with Crippen LogP contribution in [-0.4, -0.2) is 35.8 Å². The molecule has 2 heterocycles. The Morgan fingerprint density at radius 1 is 1.18 bits per heavy atom. The van der Waals surface area contributed by atoms with Gasteiger partial charge < -0.3 is 10.2 Å². The summed E-state index contributed by atoms with van der Waals surface area (Å²) in [6.07, 6.45) is 8.05. The van der Waals surface area contributed by atoms with Crippen LogP contribution < -0.4 is 5.32 Å². The van der Waals surface area contributed by atoms with Crippen LogP contribution in [0.2, 0.25) is 0 Å². The first-order chi connectivity index (χ1) is 10.8. The molecule has 2 amide bonds. The van der Waals surface area contributed by atoms with E-state index in [4.69, 9.17) is 0 Å². The van der Waals surface area contributed by atoms with E-state index in [2.05, 4.69) is 5.32 Å². The monoisotopic (exact) mass is 320 g/mol. The standard InChI is InChI=1S/C17H24N2O2S/c20-16(18-12-13-6-2-1-3-7-13)14-8-4-10-19(14)17(21)15-9-5-11-22-15/h5,9,11,13-14H,1-4,6-8,10,12H2,(H,18,20). The fraction of sp³-hybridized carbons (Fsp3) is 0.647. The van der Waals surface area contributed by atoms with Crippen molar-refractivity contribution in [3.05, 3.63) is 22.4 Å². The molecular weight excluding hydrogens is 296 g/mol. The van der Waals surface area contributed by atoms with Gasteiger partial charge in [-0.05, 0) is 43.0 Å². The second-order valence-electron chi connectivity index (χ2n) is 6.38. The predicted octanol–water partition coefficient (Wildman–Crippen LogP) is 3.05. The molecule has 5 heteroatoms. The Bertz CT molecular complexity index is 509. The van der Waals surface area contributed by atoms with Crippen LogP contribution in [0.15, 0.2) is 17.5 Å². The van der Waals surface area contributed by atoms with Crippen LogP contribution in [0.25, 0.3) is 0 Å². The number of amides is 2. The van der Waals surface area contributed by atoms with E-state index in [1.54, 1.807) is 4.90 Å². The van der Waals surface area contributed by atoms with Gasteiger partial charge in [0.2, 0.25) is 5.91 Å². The fourth-order valence-corrected chi connectivity index (χ4v) is 4.26. The van der Waals surface area contributed by atoms with Crippen molar-refractivity contribution in [2.24, 2.45) is 5.92 Å². The number of likely N-dealkylation sites (tertiary alicyclic amines) is 1. The molecule has 1 aliphatic carbocycles. The number of hydrogen-bond donors (Lipinski definition) is 1. The molecule has 1 saturated carbocycles. The highest BCUT2D eigenvalue weighted by molar-refractivity contribution is 7.12. The van der Waals surface area contributed by atoms with Crippen molar-refractivity contribution in [2.45, 2.75) is 51.0 Å². The van der Waals surface area contributed by atoms with Crippen LogP contribution >= 0.6 is 11.3 Å². The van der Waals surface area contributed by atoms with Crippen LogP contribution in [-0.2, 0) is 4.79 Å². The number of thiophene rings is 1. The average Bonchev–Trinajstić information content (AvgIpc) is 3.24. The van der Waals surface area contributed by atoms with E-state index in [9.17, 15) is 9.59 Å². The molecular formula is C17H24N2O2S. The number of nitrogens with one attached hydrogen (secondary N) is 1. The lowest BCUT2D eigenvalue weighted by molar-refractivity contribution is -0.125. The highest BCUT2D eigenvalue weighted by Crippen LogP contribution is 2.24. The van der Waals surface area contributed by atoms with E-state index in [0.29, 0.717) is 12.5 Å². The zero-order chi connectivity index (χ0) is 15.4. The minimum Gasteiger partial charge on any atom is -0.354 e. The second kappa shape index (κ2) is 7.27. The average molecular weight is 320 g/mol. The smallest absolute Gasteiger partial charge is 0.264 e. The number of carbonyl (C=O) groups excluding carboxylic acids is 2. The molecule has 1 aromatic heterocycles. The third kappa shape index (κ3) is 3.51. The number of rotatable bonds is 4. The van der Waals surface area contributed by atoms with E-state index in [0.717, 1.165) is 24.3 Å². The maximum atomic E-state index is 12.5. The van der Waals surface area contributed by atoms with E-state index in [1.807, 2.05) is 17.5 Å². The van der Waals surface area contributed by atoms with Crippen LogP contribution in [0.3, 0.4) is 0 Å². The van der Waals surface area contributed by atoms with Crippen molar-refractivity contribution in [3.8, 4) is 0 Å². The summed E-state index contributed by atoms with van der Waals surface area (Å²) >= 11 is 1.44. The molecule has 1 atom stereocenters. The number of carbonyl (C=O) groups is 2. The Morgan fingerprint density at radius 3 is 2.73 bits per heavy atom. The third-order valence-corrected chi connectivity index (χ3v) is 5.70. The lowest BCUT2D eigenvalue weighted by Crippen LogP contribution is -2.46. The van der Waals surface area contributed by atoms with Gasteiger partial charge in [-0.15, -0.1) is 11.3 Å². The molecule has 0 bridgehead atoms. The zero-order valence-electron chi connectivity index (χ0n) is 12.9. The predicted molar refractivity (Wildman–Crippen MR) is 88.0 cm³/mol. The second-order valence-corrected chi connectivity index (χ2v) is 7.33. The molecule has 1 aromatic rings. The van der Waals surface area contributed by atoms with E-state index in [1.165, 1.54) is 43.4 Å². The van der Waals surface area contributed by atoms with E-state index < -0.39 is 0 Å². The topological polar surface area (TPSA) is 49.4 Å². The molecule has 2 aliphatic rings. The lowest BCUT2D eigenvalue weighted by atomic mass is 9.89. The molecule has 1 unspecified atom stereocenters. The molecule has 0 aromatic carbocycles. The third-order valence-electron chi connectivity index (χ3n) is 4.84. The Hall–Kier alpha value is -1.36. The minimum absolute atomic E-state index is 0.00492. The first-order valence-corrected chi connectivity index (χ1v) is 9.26. The number of nitrogens with zero attached hydrogens (tertiary/aromatic N) is 1. The zero-order valence-corrected chi connectivity index (χ0v) is 13.7. The van der Waals surface area contributed by atoms with Crippen LogP contribution in [0, 0.1) is 5.92 Å². The van der Waals surface area contributed by atoms with Gasteiger partial charge in [0.25, 0.3) is 5.91 Å². The van der Waals surface area contributed by atoms with Gasteiger partial charge in [-0.25, -0.2) is 0 Å². The summed E-state index contributed by atoms with van der Waals surface area (Å²) in [4.78, 5) is 27.4. The largest absolute Gasteiger partial charge is 0.354 e. The number of hydrogen-bond acceptors (Lipinski definition) is 3. The molecule has 0 radical (unpaired) electrons. The van der Waals surface area contributed by atoms with Gasteiger partial charge in [0, 0.05) is 13.1 Å². The normalized spacial score (nSPS) is 22.7. The Kier molecular flexibility index (Phi) is 5.13. The van der Waals surface area contributed by atoms with Gasteiger partial charge in [-0.3, -0.25) is 9.59 Å². The quantitative estimate of drug-likeness (QED) is 0.927. The van der Waals surface area contributed by atoms with Crippen molar-refractivity contribution in [2.75, 3.05) is 13.1 Å². The fourth-order valence-electron chi connectivity index (χ4n) is 3.58. The summed E-state index contributed by atoms with van der Waals surface area (Å²) in [5, 5.41) is 5.00. The van der Waals surface area contributed by atoms with Crippen molar-refractivity contribution in [1.82, 2.24) is 10.2 Å². The summed E-state index contributed by atoms with van der Waals surface area (Å²) in [6.45, 7) is 1.47. The molecule has 2 fully saturated rings. The van der Waals surface area contributed by atoms with Crippen LogP contribution in [0.1, 0.15) is 54.6 Å². The van der Waals surface area contributed by atoms with E-state index in [-0.39, 0.29) is 17.9 Å². The molecule has 22 heavy (non-hydrogen) atoms. The molecule has 1 aliphatic heterocycles. The van der Waals surface area contributed by atoms with Gasteiger partial charge in [-0.1, -0.05) is 25.3 Å². The van der Waals surface area contributed by atoms with Gasteiger partial charge in [-0.2, -0.15) is 0 Å². The van der Waals surface area contributed by atoms with E-state index >= 15 is 0 Å². The summed E-state index contributed by atoms with van der Waals surface area (Å²) in [5.74, 6) is 0.666. The first-order valence-electron chi connectivity index (χ1n) is 8.38. The molecule has 3 rings (SSSR count). The summed E-state index contributed by atoms with van der Waals surface area (Å²) in [7, 11) is 0. The van der Waals surface area contributed by atoms with Crippen molar-refractivity contribution >= 4 is 23.2 Å². The van der Waals surface area contributed by atoms with Gasteiger partial charge in [0.15, 0.2) is 0 Å². The SMILES string of the molecule is O=C(NCC1CCCCC1)C1CCCN1C(=O)c1cccs1. The molecule has 4 nitrogen and oxygen atoms in total. The lowest BCUT2D eigenvalue weighted by Gasteiger charge is -2.26. The highest BCUT2D eigenvalue weighted by Gasteiger charge is 2.34. The summed E-state index contributed by atoms with van der Waals surface area (Å²) in [5.41, 5.74) is 0. The first kappa shape index (κ1) is 15.5. The van der Waals surface area contributed by atoms with Crippen molar-refractivity contribution < 1.29 is 9.59 Å². The maximum absolute atomic E-state index is 12.5.